The molecule has 1 aromatic heterocycles. The molecule has 0 atom stereocenters. The molecule has 0 unspecified atom stereocenters. The van der Waals surface area contributed by atoms with Crippen LogP contribution in [0, 0.1) is 0 Å². The molecular weight excluding hydrogens is 303 g/mol. The van der Waals surface area contributed by atoms with Gasteiger partial charge in [0.15, 0.2) is 0 Å². The molecule has 0 radical (unpaired) electrons. The third-order valence-electron chi connectivity index (χ3n) is 1.83. The predicted octanol–water partition coefficient (Wildman–Crippen LogP) is 2.64. The standard InChI is InChI=1S/C8H5BrCl2N4/c9-6-3-1-5(2-4-6)8(10,11)7-12-14-15-13-7/h1-4H,(H,12,13,14,15). The molecule has 1 aromatic carbocycles. The second-order valence-electron chi connectivity index (χ2n) is 2.82. The summed E-state index contributed by atoms with van der Waals surface area (Å²) in [6, 6.07) is 7.27. The van der Waals surface area contributed by atoms with Crippen LogP contribution in [0.2, 0.25) is 0 Å². The zero-order chi connectivity index (χ0) is 10.9. The van der Waals surface area contributed by atoms with Gasteiger partial charge in [0, 0.05) is 4.47 Å². The van der Waals surface area contributed by atoms with Gasteiger partial charge in [-0.1, -0.05) is 56.5 Å². The van der Waals surface area contributed by atoms with Crippen LogP contribution in [0.3, 0.4) is 0 Å². The molecule has 0 saturated carbocycles. The molecule has 0 aliphatic rings. The summed E-state index contributed by atoms with van der Waals surface area (Å²) < 4.78 is -0.336. The van der Waals surface area contributed by atoms with E-state index >= 15 is 0 Å². The molecule has 4 nitrogen and oxygen atoms in total. The number of nitrogens with zero attached hydrogens (tertiary/aromatic N) is 3. The highest BCUT2D eigenvalue weighted by Gasteiger charge is 2.33. The number of rotatable bonds is 2. The van der Waals surface area contributed by atoms with Gasteiger partial charge in [0.2, 0.25) is 10.2 Å². The van der Waals surface area contributed by atoms with E-state index in [-0.39, 0.29) is 5.82 Å². The first-order valence-electron chi connectivity index (χ1n) is 3.98. The molecule has 0 amide bonds. The van der Waals surface area contributed by atoms with Crippen molar-refractivity contribution in [3.05, 3.63) is 40.1 Å². The normalized spacial score (nSPS) is 11.7. The summed E-state index contributed by atoms with van der Waals surface area (Å²) in [6.45, 7) is 0. The molecule has 0 bridgehead atoms. The van der Waals surface area contributed by atoms with Gasteiger partial charge in [0.1, 0.15) is 0 Å². The Morgan fingerprint density at radius 2 is 1.87 bits per heavy atom. The molecule has 1 heterocycles. The molecular formula is C8H5BrCl2N4. The van der Waals surface area contributed by atoms with Crippen LogP contribution >= 0.6 is 39.1 Å². The molecule has 2 rings (SSSR count). The number of benzene rings is 1. The van der Waals surface area contributed by atoms with Crippen LogP contribution in [0.25, 0.3) is 0 Å². The Balaban J connectivity index is 2.41. The summed E-state index contributed by atoms with van der Waals surface area (Å²) in [5, 5.41) is 13.3. The minimum Gasteiger partial charge on any atom is -0.177 e. The fraction of sp³-hybridized carbons (Fsp3) is 0.125. The zero-order valence-corrected chi connectivity index (χ0v) is 10.4. The lowest BCUT2D eigenvalue weighted by Gasteiger charge is -2.15. The van der Waals surface area contributed by atoms with Crippen molar-refractivity contribution in [3.8, 4) is 0 Å². The number of alkyl halides is 2. The smallest absolute Gasteiger partial charge is 0.177 e. The SMILES string of the molecule is ClC(Cl)(c1ccc(Br)cc1)c1nn[nH]n1. The summed E-state index contributed by atoms with van der Waals surface area (Å²) in [5.41, 5.74) is 0.690. The largest absolute Gasteiger partial charge is 0.215 e. The van der Waals surface area contributed by atoms with E-state index in [0.717, 1.165) is 4.47 Å². The van der Waals surface area contributed by atoms with Crippen molar-refractivity contribution in [3.63, 3.8) is 0 Å². The van der Waals surface area contributed by atoms with Crippen LogP contribution < -0.4 is 0 Å². The quantitative estimate of drug-likeness (QED) is 0.868. The van der Waals surface area contributed by atoms with Crippen molar-refractivity contribution in [2.75, 3.05) is 0 Å². The van der Waals surface area contributed by atoms with E-state index in [2.05, 4.69) is 36.6 Å². The van der Waals surface area contributed by atoms with E-state index < -0.39 is 4.33 Å². The highest BCUT2D eigenvalue weighted by atomic mass is 79.9. The average Bonchev–Trinajstić information content (AvgIpc) is 2.71. The van der Waals surface area contributed by atoms with Crippen molar-refractivity contribution in [2.45, 2.75) is 4.33 Å². The molecule has 0 fully saturated rings. The van der Waals surface area contributed by atoms with Gasteiger partial charge in [-0.3, -0.25) is 0 Å². The maximum atomic E-state index is 6.15. The number of nitrogens with one attached hydrogen (secondary N) is 1. The van der Waals surface area contributed by atoms with Crippen LogP contribution in [0.1, 0.15) is 11.4 Å². The minimum absolute atomic E-state index is 0.230. The van der Waals surface area contributed by atoms with Gasteiger partial charge in [0.25, 0.3) is 0 Å². The molecule has 0 aliphatic heterocycles. The lowest BCUT2D eigenvalue weighted by molar-refractivity contribution is 0.881. The molecule has 0 aliphatic carbocycles. The second kappa shape index (κ2) is 4.08. The van der Waals surface area contributed by atoms with Gasteiger partial charge in [0.05, 0.1) is 0 Å². The van der Waals surface area contributed by atoms with Gasteiger partial charge in [-0.15, -0.1) is 10.2 Å². The molecule has 1 N–H and O–H groups in total. The fourth-order valence-corrected chi connectivity index (χ4v) is 1.76. The van der Waals surface area contributed by atoms with E-state index in [4.69, 9.17) is 23.2 Å². The third kappa shape index (κ3) is 2.14. The number of aromatic nitrogens is 4. The van der Waals surface area contributed by atoms with Gasteiger partial charge in [-0.05, 0) is 17.7 Å². The molecule has 7 heteroatoms. The van der Waals surface area contributed by atoms with Gasteiger partial charge in [-0.2, -0.15) is 5.21 Å². The van der Waals surface area contributed by atoms with Crippen LogP contribution in [-0.2, 0) is 4.33 Å². The average molecular weight is 308 g/mol. The lowest BCUT2D eigenvalue weighted by Crippen LogP contribution is -2.14. The van der Waals surface area contributed by atoms with E-state index in [1.165, 1.54) is 0 Å². The Labute approximate surface area is 104 Å². The maximum Gasteiger partial charge on any atom is 0.215 e. The van der Waals surface area contributed by atoms with E-state index in [1.54, 1.807) is 12.1 Å². The van der Waals surface area contributed by atoms with Crippen molar-refractivity contribution >= 4 is 39.1 Å². The third-order valence-corrected chi connectivity index (χ3v) is 3.14. The lowest BCUT2D eigenvalue weighted by atomic mass is 10.1. The zero-order valence-electron chi connectivity index (χ0n) is 7.28. The summed E-state index contributed by atoms with van der Waals surface area (Å²) in [6.07, 6.45) is 0. The van der Waals surface area contributed by atoms with Crippen LogP contribution in [0.5, 0.6) is 0 Å². The number of halogens is 3. The number of H-pyrrole nitrogens is 1. The highest BCUT2D eigenvalue weighted by Crippen LogP contribution is 2.38. The first-order chi connectivity index (χ1) is 7.10. The van der Waals surface area contributed by atoms with Crippen molar-refractivity contribution < 1.29 is 0 Å². The summed E-state index contributed by atoms with van der Waals surface area (Å²) in [4.78, 5) is 0. The summed E-state index contributed by atoms with van der Waals surface area (Å²) in [5.74, 6) is 0.230. The van der Waals surface area contributed by atoms with E-state index in [9.17, 15) is 0 Å². The van der Waals surface area contributed by atoms with Gasteiger partial charge >= 0.3 is 0 Å². The number of aromatic amines is 1. The predicted molar refractivity (Wildman–Crippen MR) is 60.8 cm³/mol. The van der Waals surface area contributed by atoms with Crippen LogP contribution in [0.4, 0.5) is 0 Å². The molecule has 15 heavy (non-hydrogen) atoms. The topological polar surface area (TPSA) is 54.5 Å². The monoisotopic (exact) mass is 306 g/mol. The summed E-state index contributed by atoms with van der Waals surface area (Å²) in [7, 11) is 0. The Kier molecular flexibility index (Phi) is 2.95. The van der Waals surface area contributed by atoms with E-state index in [0.29, 0.717) is 5.56 Å². The Hall–Kier alpha value is -0.650. The number of hydrogen-bond donors (Lipinski definition) is 1. The first kappa shape index (κ1) is 10.9. The number of hydrogen-bond acceptors (Lipinski definition) is 3. The number of tetrazole rings is 1. The molecule has 0 spiro atoms. The van der Waals surface area contributed by atoms with Crippen LogP contribution in [0.15, 0.2) is 28.7 Å². The van der Waals surface area contributed by atoms with Gasteiger partial charge < -0.3 is 0 Å². The Morgan fingerprint density at radius 3 is 2.40 bits per heavy atom. The Bertz CT molecular complexity index is 440. The molecule has 0 saturated heterocycles. The second-order valence-corrected chi connectivity index (χ2v) is 5.06. The summed E-state index contributed by atoms with van der Waals surface area (Å²) >= 11 is 15.6. The Morgan fingerprint density at radius 1 is 1.20 bits per heavy atom. The van der Waals surface area contributed by atoms with Gasteiger partial charge in [-0.25, -0.2) is 0 Å². The van der Waals surface area contributed by atoms with Crippen molar-refractivity contribution in [1.82, 2.24) is 20.6 Å². The first-order valence-corrected chi connectivity index (χ1v) is 5.53. The highest BCUT2D eigenvalue weighted by molar-refractivity contribution is 9.10. The minimum atomic E-state index is -1.28. The molecule has 2 aromatic rings. The molecule has 78 valence electrons. The van der Waals surface area contributed by atoms with Crippen molar-refractivity contribution in [1.29, 1.82) is 0 Å². The van der Waals surface area contributed by atoms with Crippen LogP contribution in [-0.4, -0.2) is 20.6 Å². The van der Waals surface area contributed by atoms with E-state index in [1.807, 2.05) is 12.1 Å². The maximum absolute atomic E-state index is 6.15. The van der Waals surface area contributed by atoms with Crippen molar-refractivity contribution in [2.24, 2.45) is 0 Å². The fourth-order valence-electron chi connectivity index (χ4n) is 1.08.